The van der Waals surface area contributed by atoms with Crippen LogP contribution in [0.25, 0.3) is 0 Å². The molecule has 0 bridgehead atoms. The molecule has 0 unspecified atom stereocenters. The minimum atomic E-state index is -0.528. The molecule has 0 aliphatic rings. The number of nitrogens with one attached hydrogen (secondary N) is 3. The van der Waals surface area contributed by atoms with Crippen LogP contribution in [-0.4, -0.2) is 48.1 Å². The van der Waals surface area contributed by atoms with E-state index in [1.165, 1.54) is 6.33 Å². The molecule has 0 aliphatic heterocycles. The standard InChI is InChI=1S/C10H25N11/c11-5(12)1-17-8-9(18-2-6(13)14)20-4-21-10(8)19-3-7(15)16/h4-7,17H,1-3,11-16H2,(H2,18,19,20,21). The van der Waals surface area contributed by atoms with Gasteiger partial charge in [-0.2, -0.15) is 0 Å². The van der Waals surface area contributed by atoms with Crippen molar-refractivity contribution < 1.29 is 0 Å². The molecule has 1 heterocycles. The summed E-state index contributed by atoms with van der Waals surface area (Å²) in [5.41, 5.74) is 33.7. The second-order valence-corrected chi connectivity index (χ2v) is 4.58. The third-order valence-electron chi connectivity index (χ3n) is 2.37. The average molecular weight is 299 g/mol. The Labute approximate surface area is 123 Å². The summed E-state index contributed by atoms with van der Waals surface area (Å²) in [6.45, 7) is 1.02. The summed E-state index contributed by atoms with van der Waals surface area (Å²) in [5, 5.41) is 9.10. The first kappa shape index (κ1) is 17.3. The summed E-state index contributed by atoms with van der Waals surface area (Å²) in [5.74, 6) is 1.05. The minimum absolute atomic E-state index is 0.333. The van der Waals surface area contributed by atoms with Crippen molar-refractivity contribution in [3.63, 3.8) is 0 Å². The highest BCUT2D eigenvalue weighted by atomic mass is 15.2. The number of nitrogens with zero attached hydrogens (tertiary/aromatic N) is 2. The van der Waals surface area contributed by atoms with Gasteiger partial charge in [0.25, 0.3) is 0 Å². The predicted molar refractivity (Wildman–Crippen MR) is 84.0 cm³/mol. The number of aromatic nitrogens is 2. The van der Waals surface area contributed by atoms with Crippen molar-refractivity contribution in [3.8, 4) is 0 Å². The zero-order chi connectivity index (χ0) is 15.8. The van der Waals surface area contributed by atoms with E-state index in [1.54, 1.807) is 0 Å². The molecule has 0 saturated heterocycles. The second-order valence-electron chi connectivity index (χ2n) is 4.58. The van der Waals surface area contributed by atoms with Crippen LogP contribution in [0.15, 0.2) is 6.33 Å². The molecule has 0 spiro atoms. The van der Waals surface area contributed by atoms with E-state index < -0.39 is 18.5 Å². The van der Waals surface area contributed by atoms with Crippen molar-refractivity contribution in [2.75, 3.05) is 35.6 Å². The molecule has 1 aromatic rings. The van der Waals surface area contributed by atoms with Crippen molar-refractivity contribution in [2.24, 2.45) is 34.4 Å². The van der Waals surface area contributed by atoms with Gasteiger partial charge in [-0.05, 0) is 0 Å². The lowest BCUT2D eigenvalue weighted by Crippen LogP contribution is -2.39. The number of hydrogen-bond acceptors (Lipinski definition) is 11. The van der Waals surface area contributed by atoms with Gasteiger partial charge in [-0.25, -0.2) is 9.97 Å². The Kier molecular flexibility index (Phi) is 7.01. The van der Waals surface area contributed by atoms with Gasteiger partial charge in [0.15, 0.2) is 11.6 Å². The number of anilines is 3. The van der Waals surface area contributed by atoms with Gasteiger partial charge < -0.3 is 50.4 Å². The maximum absolute atomic E-state index is 5.54. The average Bonchev–Trinajstić information content (AvgIpc) is 2.40. The quantitative estimate of drug-likeness (QED) is 0.203. The van der Waals surface area contributed by atoms with E-state index in [0.717, 1.165) is 0 Å². The number of nitrogens with two attached hydrogens (primary N) is 6. The van der Waals surface area contributed by atoms with Crippen LogP contribution >= 0.6 is 0 Å². The van der Waals surface area contributed by atoms with Crippen LogP contribution < -0.4 is 50.4 Å². The Morgan fingerprint density at radius 3 is 1.48 bits per heavy atom. The maximum Gasteiger partial charge on any atom is 0.155 e. The molecule has 0 atom stereocenters. The van der Waals surface area contributed by atoms with Crippen molar-refractivity contribution >= 4 is 17.3 Å². The first-order valence-corrected chi connectivity index (χ1v) is 6.50. The lowest BCUT2D eigenvalue weighted by molar-refractivity contribution is 0.731. The minimum Gasteiger partial charge on any atom is -0.376 e. The highest BCUT2D eigenvalue weighted by Crippen LogP contribution is 2.26. The van der Waals surface area contributed by atoms with Crippen LogP contribution in [0.1, 0.15) is 0 Å². The molecule has 0 saturated carbocycles. The molecule has 0 aliphatic carbocycles. The molecule has 120 valence electrons. The zero-order valence-corrected chi connectivity index (χ0v) is 11.8. The SMILES string of the molecule is NC(N)CNc1ncnc(NCC(N)N)c1NCC(N)N. The van der Waals surface area contributed by atoms with Crippen molar-refractivity contribution in [3.05, 3.63) is 6.33 Å². The van der Waals surface area contributed by atoms with E-state index >= 15 is 0 Å². The fraction of sp³-hybridized carbons (Fsp3) is 0.600. The van der Waals surface area contributed by atoms with Crippen molar-refractivity contribution in [1.82, 2.24) is 9.97 Å². The van der Waals surface area contributed by atoms with E-state index in [2.05, 4.69) is 25.9 Å². The van der Waals surface area contributed by atoms with Gasteiger partial charge in [0, 0.05) is 19.6 Å². The summed E-state index contributed by atoms with van der Waals surface area (Å²) in [4.78, 5) is 8.27. The van der Waals surface area contributed by atoms with Gasteiger partial charge in [-0.3, -0.25) is 0 Å². The maximum atomic E-state index is 5.54. The number of rotatable bonds is 9. The van der Waals surface area contributed by atoms with Crippen LogP contribution in [0.2, 0.25) is 0 Å². The van der Waals surface area contributed by atoms with Crippen LogP contribution in [0, 0.1) is 0 Å². The molecule has 0 fully saturated rings. The fourth-order valence-corrected chi connectivity index (χ4v) is 1.47. The topological polar surface area (TPSA) is 218 Å². The lowest BCUT2D eigenvalue weighted by Gasteiger charge is -2.19. The molecule has 0 radical (unpaired) electrons. The van der Waals surface area contributed by atoms with E-state index in [1.807, 2.05) is 0 Å². The highest BCUT2D eigenvalue weighted by molar-refractivity contribution is 5.76. The second kappa shape index (κ2) is 8.51. The van der Waals surface area contributed by atoms with E-state index in [9.17, 15) is 0 Å². The first-order chi connectivity index (χ1) is 9.90. The smallest absolute Gasteiger partial charge is 0.155 e. The summed E-state index contributed by atoms with van der Waals surface area (Å²) in [7, 11) is 0. The Morgan fingerprint density at radius 1 is 0.714 bits per heavy atom. The summed E-state index contributed by atoms with van der Waals surface area (Å²) in [6.07, 6.45) is -0.168. The van der Waals surface area contributed by atoms with E-state index in [0.29, 0.717) is 37.0 Å². The Hall–Kier alpha value is -1.76. The third kappa shape index (κ3) is 6.48. The molecule has 15 N–H and O–H groups in total. The van der Waals surface area contributed by atoms with Crippen LogP contribution in [0.3, 0.4) is 0 Å². The number of hydrogen-bond donors (Lipinski definition) is 9. The van der Waals surface area contributed by atoms with Crippen LogP contribution in [0.4, 0.5) is 17.3 Å². The lowest BCUT2D eigenvalue weighted by atomic mass is 10.3. The summed E-state index contributed by atoms with van der Waals surface area (Å²) in [6, 6.07) is 0. The molecule has 1 aromatic heterocycles. The van der Waals surface area contributed by atoms with Crippen molar-refractivity contribution in [2.45, 2.75) is 18.5 Å². The summed E-state index contributed by atoms with van der Waals surface area (Å²) < 4.78 is 0. The van der Waals surface area contributed by atoms with Gasteiger partial charge in [0.05, 0.1) is 18.5 Å². The molecule has 11 heteroatoms. The van der Waals surface area contributed by atoms with E-state index in [4.69, 9.17) is 34.4 Å². The normalized spacial score (nSPS) is 11.3. The van der Waals surface area contributed by atoms with Gasteiger partial charge in [-0.1, -0.05) is 0 Å². The van der Waals surface area contributed by atoms with Gasteiger partial charge in [-0.15, -0.1) is 0 Å². The summed E-state index contributed by atoms with van der Waals surface area (Å²) >= 11 is 0. The van der Waals surface area contributed by atoms with Crippen LogP contribution in [0.5, 0.6) is 0 Å². The molecule has 0 aromatic carbocycles. The first-order valence-electron chi connectivity index (χ1n) is 6.50. The molecule has 21 heavy (non-hydrogen) atoms. The predicted octanol–water partition coefficient (Wildman–Crippen LogP) is -3.56. The fourth-order valence-electron chi connectivity index (χ4n) is 1.47. The molecular weight excluding hydrogens is 274 g/mol. The zero-order valence-electron chi connectivity index (χ0n) is 11.8. The third-order valence-corrected chi connectivity index (χ3v) is 2.37. The van der Waals surface area contributed by atoms with E-state index in [-0.39, 0.29) is 0 Å². The van der Waals surface area contributed by atoms with Crippen LogP contribution in [-0.2, 0) is 0 Å². The monoisotopic (exact) mass is 299 g/mol. The molecule has 1 rings (SSSR count). The van der Waals surface area contributed by atoms with Gasteiger partial charge in [0.1, 0.15) is 12.0 Å². The molecular formula is C10H25N11. The molecule has 11 nitrogen and oxygen atoms in total. The Bertz CT molecular complexity index is 389. The largest absolute Gasteiger partial charge is 0.376 e. The molecule has 0 amide bonds. The Balaban J connectivity index is 2.90. The van der Waals surface area contributed by atoms with Gasteiger partial charge >= 0.3 is 0 Å². The highest BCUT2D eigenvalue weighted by Gasteiger charge is 2.12. The van der Waals surface area contributed by atoms with Gasteiger partial charge in [0.2, 0.25) is 0 Å². The van der Waals surface area contributed by atoms with Crippen molar-refractivity contribution in [1.29, 1.82) is 0 Å². The Morgan fingerprint density at radius 2 is 1.10 bits per heavy atom.